The van der Waals surface area contributed by atoms with Crippen LogP contribution in [0.5, 0.6) is 0 Å². The van der Waals surface area contributed by atoms with E-state index in [1.54, 1.807) is 4.85 Å². The third kappa shape index (κ3) is 3.63. The van der Waals surface area contributed by atoms with Crippen molar-refractivity contribution in [2.24, 2.45) is 0 Å². The van der Waals surface area contributed by atoms with Crippen LogP contribution in [0.2, 0.25) is 0 Å². The van der Waals surface area contributed by atoms with Crippen LogP contribution in [-0.4, -0.2) is 84.0 Å². The van der Waals surface area contributed by atoms with Gasteiger partial charge in [0.15, 0.2) is 11.9 Å². The fourth-order valence-electron chi connectivity index (χ4n) is 3.82. The summed E-state index contributed by atoms with van der Waals surface area (Å²) >= 11 is 0. The number of unbranched alkanes of at least 4 members (excludes halogenated alkanes) is 1. The summed E-state index contributed by atoms with van der Waals surface area (Å²) in [6.45, 7) is 2.20. The number of hydrogen-bond donors (Lipinski definition) is 0. The fourth-order valence-corrected chi connectivity index (χ4v) is 3.82. The zero-order valence-corrected chi connectivity index (χ0v) is 16.6. The van der Waals surface area contributed by atoms with Crippen LogP contribution in [0, 0.1) is 0 Å². The van der Waals surface area contributed by atoms with Crippen molar-refractivity contribution in [2.45, 2.75) is 38.1 Å². The fraction of sp³-hybridized carbons (Fsp3) is 0.667. The molecule has 2 aromatic rings. The van der Waals surface area contributed by atoms with E-state index < -0.39 is 5.79 Å². The first-order chi connectivity index (χ1) is 11.9. The lowest BCUT2D eigenvalue weighted by Gasteiger charge is -2.52. The normalized spacial score (nSPS) is 14.0. The van der Waals surface area contributed by atoms with Crippen LogP contribution in [0.1, 0.15) is 26.2 Å². The molecule has 0 aliphatic rings. The number of fused-ring (bicyclic) bond motifs is 1. The maximum absolute atomic E-state index is 6.44. The Morgan fingerprint density at radius 3 is 2.20 bits per heavy atom. The maximum atomic E-state index is 6.44. The minimum atomic E-state index is -0.414. The molecule has 0 aliphatic carbocycles. The monoisotopic (exact) mass is 348 g/mol. The Hall–Kier alpha value is -1.70. The van der Waals surface area contributed by atoms with Gasteiger partial charge in [-0.25, -0.2) is 0 Å². The minimum Gasteiger partial charge on any atom is -0.387 e. The predicted molar refractivity (Wildman–Crippen MR) is 101 cm³/mol. The summed E-state index contributed by atoms with van der Waals surface area (Å²) < 4.78 is 0. The Bertz CT molecular complexity index is 645. The van der Waals surface area contributed by atoms with E-state index in [0.29, 0.717) is 0 Å². The Morgan fingerprint density at radius 2 is 1.64 bits per heavy atom. The SMILES string of the molecule is CCCCC(On1nnc2ccccc21)C(N(C)C)(N(C)C)N(C)C. The Balaban J connectivity index is 2.46. The first kappa shape index (κ1) is 19.6. The molecule has 0 radical (unpaired) electrons. The van der Waals surface area contributed by atoms with E-state index in [4.69, 9.17) is 4.84 Å². The van der Waals surface area contributed by atoms with Gasteiger partial charge in [-0.3, -0.25) is 14.7 Å². The molecule has 0 fully saturated rings. The molecule has 7 heteroatoms. The highest BCUT2D eigenvalue weighted by molar-refractivity contribution is 5.73. The van der Waals surface area contributed by atoms with Gasteiger partial charge in [0.25, 0.3) is 0 Å². The molecule has 1 aromatic heterocycles. The molecular formula is C18H32N6O. The number of benzene rings is 1. The highest BCUT2D eigenvalue weighted by atomic mass is 16.7. The van der Waals surface area contributed by atoms with Gasteiger partial charge in [0.05, 0.1) is 0 Å². The maximum Gasteiger partial charge on any atom is 0.173 e. The molecule has 1 atom stereocenters. The second-order valence-electron chi connectivity index (χ2n) is 7.06. The first-order valence-corrected chi connectivity index (χ1v) is 8.85. The van der Waals surface area contributed by atoms with E-state index in [1.165, 1.54) is 0 Å². The molecule has 140 valence electrons. The van der Waals surface area contributed by atoms with Crippen LogP contribution in [0.15, 0.2) is 24.3 Å². The van der Waals surface area contributed by atoms with Crippen molar-refractivity contribution in [3.05, 3.63) is 24.3 Å². The van der Waals surface area contributed by atoms with Crippen molar-refractivity contribution in [2.75, 3.05) is 42.3 Å². The van der Waals surface area contributed by atoms with Gasteiger partial charge in [0.2, 0.25) is 0 Å². The molecule has 0 N–H and O–H groups in total. The largest absolute Gasteiger partial charge is 0.387 e. The second kappa shape index (κ2) is 8.12. The Labute approximate surface area is 151 Å². The van der Waals surface area contributed by atoms with E-state index in [-0.39, 0.29) is 6.10 Å². The van der Waals surface area contributed by atoms with Crippen molar-refractivity contribution >= 4 is 11.0 Å². The Morgan fingerprint density at radius 1 is 1.04 bits per heavy atom. The predicted octanol–water partition coefficient (Wildman–Crippen LogP) is 1.76. The molecule has 0 spiro atoms. The van der Waals surface area contributed by atoms with Crippen molar-refractivity contribution in [1.82, 2.24) is 29.9 Å². The van der Waals surface area contributed by atoms with Gasteiger partial charge < -0.3 is 4.84 Å². The molecule has 1 aromatic carbocycles. The second-order valence-corrected chi connectivity index (χ2v) is 7.06. The summed E-state index contributed by atoms with van der Waals surface area (Å²) in [6.07, 6.45) is 2.99. The third-order valence-electron chi connectivity index (χ3n) is 4.78. The van der Waals surface area contributed by atoms with E-state index in [9.17, 15) is 0 Å². The highest BCUT2D eigenvalue weighted by Crippen LogP contribution is 2.28. The van der Waals surface area contributed by atoms with Gasteiger partial charge in [0, 0.05) is 0 Å². The van der Waals surface area contributed by atoms with Crippen molar-refractivity contribution in [1.29, 1.82) is 0 Å². The molecule has 25 heavy (non-hydrogen) atoms. The molecule has 1 unspecified atom stereocenters. The number of likely N-dealkylation sites (N-methyl/N-ethyl adjacent to an activating group) is 3. The number of para-hydroxylation sites is 1. The summed E-state index contributed by atoms with van der Waals surface area (Å²) in [5.74, 6) is -0.414. The minimum absolute atomic E-state index is 0.113. The van der Waals surface area contributed by atoms with Crippen molar-refractivity contribution in [3.63, 3.8) is 0 Å². The number of hydrogen-bond acceptors (Lipinski definition) is 6. The quantitative estimate of drug-likeness (QED) is 0.644. The molecule has 0 saturated heterocycles. The zero-order valence-electron chi connectivity index (χ0n) is 16.6. The highest BCUT2D eigenvalue weighted by Gasteiger charge is 2.47. The standard InChI is InChI=1S/C18H32N6O/c1-8-9-14-17(18(21(2)3,22(4)5)23(6)7)25-24-16-13-11-10-12-15(16)19-20-24/h10-13,17H,8-9,14H2,1-7H3. The van der Waals surface area contributed by atoms with Gasteiger partial charge >= 0.3 is 0 Å². The zero-order chi connectivity index (χ0) is 18.6. The Kier molecular flexibility index (Phi) is 6.37. The van der Waals surface area contributed by atoms with E-state index in [2.05, 4.69) is 74.2 Å². The lowest BCUT2D eigenvalue weighted by molar-refractivity contribution is -0.203. The average molecular weight is 348 g/mol. The molecular weight excluding hydrogens is 316 g/mol. The first-order valence-electron chi connectivity index (χ1n) is 8.85. The van der Waals surface area contributed by atoms with Gasteiger partial charge in [-0.2, -0.15) is 0 Å². The smallest absolute Gasteiger partial charge is 0.173 e. The molecule has 0 amide bonds. The van der Waals surface area contributed by atoms with Crippen LogP contribution in [-0.2, 0) is 0 Å². The van der Waals surface area contributed by atoms with E-state index >= 15 is 0 Å². The summed E-state index contributed by atoms with van der Waals surface area (Å²) in [6, 6.07) is 7.86. The number of nitrogens with zero attached hydrogens (tertiary/aromatic N) is 6. The molecule has 2 rings (SSSR count). The molecule has 0 saturated carbocycles. The molecule has 0 bridgehead atoms. The average Bonchev–Trinajstić information content (AvgIpc) is 2.95. The number of rotatable bonds is 9. The van der Waals surface area contributed by atoms with Crippen LogP contribution in [0.4, 0.5) is 0 Å². The van der Waals surface area contributed by atoms with Crippen LogP contribution in [0.25, 0.3) is 11.0 Å². The van der Waals surface area contributed by atoms with Crippen LogP contribution in [0.3, 0.4) is 0 Å². The van der Waals surface area contributed by atoms with Crippen molar-refractivity contribution in [3.8, 4) is 0 Å². The summed E-state index contributed by atoms with van der Waals surface area (Å²) in [5.41, 5.74) is 1.72. The van der Waals surface area contributed by atoms with Gasteiger partial charge in [-0.05, 0) is 72.5 Å². The molecule has 0 aliphatic heterocycles. The van der Waals surface area contributed by atoms with Crippen molar-refractivity contribution < 1.29 is 4.84 Å². The lowest BCUT2D eigenvalue weighted by Crippen LogP contribution is -2.72. The van der Waals surface area contributed by atoms with Crippen LogP contribution < -0.4 is 4.84 Å². The van der Waals surface area contributed by atoms with Gasteiger partial charge in [-0.15, -0.1) is 5.10 Å². The topological polar surface area (TPSA) is 49.7 Å². The molecule has 1 heterocycles. The van der Waals surface area contributed by atoms with Crippen LogP contribution >= 0.6 is 0 Å². The summed E-state index contributed by atoms with van der Waals surface area (Å²) in [5, 5.41) is 8.44. The van der Waals surface area contributed by atoms with Gasteiger partial charge in [-0.1, -0.05) is 30.3 Å². The lowest BCUT2D eigenvalue weighted by atomic mass is 10.0. The molecule has 7 nitrogen and oxygen atoms in total. The van der Waals surface area contributed by atoms with E-state index in [0.717, 1.165) is 30.3 Å². The summed E-state index contributed by atoms with van der Waals surface area (Å²) in [4.78, 5) is 14.6. The summed E-state index contributed by atoms with van der Waals surface area (Å²) in [7, 11) is 12.5. The number of aromatic nitrogens is 3. The van der Waals surface area contributed by atoms with E-state index in [1.807, 2.05) is 24.3 Å². The van der Waals surface area contributed by atoms with Gasteiger partial charge in [0.1, 0.15) is 11.0 Å². The third-order valence-corrected chi connectivity index (χ3v) is 4.78.